The number of ether oxygens (including phenoxy) is 1. The molecule has 0 aliphatic carbocycles. The van der Waals surface area contributed by atoms with Gasteiger partial charge in [0.25, 0.3) is 0 Å². The summed E-state index contributed by atoms with van der Waals surface area (Å²) in [7, 11) is 0. The average Bonchev–Trinajstić information content (AvgIpc) is 2.53. The summed E-state index contributed by atoms with van der Waals surface area (Å²) in [6.07, 6.45) is 1.84. The third kappa shape index (κ3) is 2.81. The Morgan fingerprint density at radius 3 is 2.65 bits per heavy atom. The molecule has 0 aromatic heterocycles. The quantitative estimate of drug-likeness (QED) is 0.846. The van der Waals surface area contributed by atoms with Crippen LogP contribution in [0.25, 0.3) is 0 Å². The van der Waals surface area contributed by atoms with Gasteiger partial charge in [0.2, 0.25) is 0 Å². The second kappa shape index (κ2) is 6.02. The highest BCUT2D eigenvalue weighted by molar-refractivity contribution is 5.85. The summed E-state index contributed by atoms with van der Waals surface area (Å²) in [6, 6.07) is 18.2. The van der Waals surface area contributed by atoms with Crippen LogP contribution in [-0.4, -0.2) is 12.4 Å². The fourth-order valence-electron chi connectivity index (χ4n) is 2.70. The van der Waals surface area contributed by atoms with Crippen molar-refractivity contribution in [3.63, 3.8) is 0 Å². The number of rotatable bonds is 4. The monoisotopic (exact) mass is 266 g/mol. The third-order valence-electron chi connectivity index (χ3n) is 3.79. The minimum atomic E-state index is -0.372. The van der Waals surface area contributed by atoms with E-state index in [1.807, 2.05) is 36.4 Å². The highest BCUT2D eigenvalue weighted by Gasteiger charge is 2.26. The van der Waals surface area contributed by atoms with Gasteiger partial charge in [-0.15, -0.1) is 0 Å². The van der Waals surface area contributed by atoms with Gasteiger partial charge in [0, 0.05) is 6.42 Å². The van der Waals surface area contributed by atoms with Crippen LogP contribution in [0.15, 0.2) is 54.6 Å². The van der Waals surface area contributed by atoms with Gasteiger partial charge < -0.3 is 4.74 Å². The van der Waals surface area contributed by atoms with E-state index >= 15 is 0 Å². The number of ketones is 1. The first kappa shape index (κ1) is 13.1. The summed E-state index contributed by atoms with van der Waals surface area (Å²) in [5.74, 6) is 0.181. The van der Waals surface area contributed by atoms with Crippen molar-refractivity contribution in [2.45, 2.75) is 25.4 Å². The van der Waals surface area contributed by atoms with E-state index in [4.69, 9.17) is 4.74 Å². The van der Waals surface area contributed by atoms with E-state index in [2.05, 4.69) is 18.2 Å². The Hall–Kier alpha value is -1.93. The maximum atomic E-state index is 12.4. The summed E-state index contributed by atoms with van der Waals surface area (Å²) >= 11 is 0. The van der Waals surface area contributed by atoms with E-state index in [9.17, 15) is 4.79 Å². The zero-order chi connectivity index (χ0) is 13.8. The molecule has 2 aromatic rings. The molecule has 0 spiro atoms. The Labute approximate surface area is 119 Å². The highest BCUT2D eigenvalue weighted by atomic mass is 16.5. The molecular weight excluding hydrogens is 248 g/mol. The molecule has 2 aromatic carbocycles. The van der Waals surface area contributed by atoms with E-state index in [0.29, 0.717) is 13.0 Å². The van der Waals surface area contributed by atoms with E-state index in [1.54, 1.807) is 0 Å². The van der Waals surface area contributed by atoms with Crippen molar-refractivity contribution in [2.75, 3.05) is 6.61 Å². The summed E-state index contributed by atoms with van der Waals surface area (Å²) in [6.45, 7) is 0.638. The Kier molecular flexibility index (Phi) is 3.93. The smallest absolute Gasteiger partial charge is 0.166 e. The van der Waals surface area contributed by atoms with Crippen molar-refractivity contribution >= 4 is 5.78 Å². The fraction of sp³-hybridized carbons (Fsp3) is 0.278. The summed E-state index contributed by atoms with van der Waals surface area (Å²) in [5, 5.41) is 0. The van der Waals surface area contributed by atoms with E-state index in [1.165, 1.54) is 11.1 Å². The molecule has 3 rings (SSSR count). The molecule has 1 unspecified atom stereocenters. The van der Waals surface area contributed by atoms with Gasteiger partial charge in [0.1, 0.15) is 6.10 Å². The van der Waals surface area contributed by atoms with E-state index in [0.717, 1.165) is 18.4 Å². The number of carbonyl (C=O) groups is 1. The number of hydrogen-bond donors (Lipinski definition) is 0. The Balaban J connectivity index is 1.69. The summed E-state index contributed by atoms with van der Waals surface area (Å²) in [4.78, 5) is 12.4. The van der Waals surface area contributed by atoms with Crippen molar-refractivity contribution < 1.29 is 9.53 Å². The Morgan fingerprint density at radius 2 is 1.80 bits per heavy atom. The molecule has 0 saturated carbocycles. The largest absolute Gasteiger partial charge is 0.365 e. The zero-order valence-electron chi connectivity index (χ0n) is 11.4. The van der Waals surface area contributed by atoms with Crippen molar-refractivity contribution in [1.29, 1.82) is 0 Å². The molecular formula is C18H18O2. The number of fused-ring (bicyclic) bond motifs is 1. The molecule has 1 atom stereocenters. The van der Waals surface area contributed by atoms with Crippen molar-refractivity contribution in [3.8, 4) is 0 Å². The van der Waals surface area contributed by atoms with Gasteiger partial charge in [-0.1, -0.05) is 54.6 Å². The molecule has 2 nitrogen and oxygen atoms in total. The number of Topliss-reactive ketones (excluding diaryl/α,β-unsaturated/α-hetero) is 1. The Morgan fingerprint density at radius 1 is 1.05 bits per heavy atom. The van der Waals surface area contributed by atoms with Crippen LogP contribution in [0.3, 0.4) is 0 Å². The van der Waals surface area contributed by atoms with Crippen LogP contribution in [-0.2, 0) is 22.4 Å². The summed E-state index contributed by atoms with van der Waals surface area (Å²) < 4.78 is 5.71. The standard InChI is InChI=1S/C18H18O2/c19-17(11-10-14-6-2-1-3-7-14)18-16-9-5-4-8-15(16)12-13-20-18/h1-9,18H,10-13H2. The predicted molar refractivity (Wildman–Crippen MR) is 78.6 cm³/mol. The third-order valence-corrected chi connectivity index (χ3v) is 3.79. The minimum absolute atomic E-state index is 0.181. The molecule has 0 N–H and O–H groups in total. The fourth-order valence-corrected chi connectivity index (χ4v) is 2.70. The Bertz CT molecular complexity index is 589. The maximum Gasteiger partial charge on any atom is 0.166 e. The molecule has 2 heteroatoms. The van der Waals surface area contributed by atoms with Crippen LogP contribution in [0, 0.1) is 0 Å². The topological polar surface area (TPSA) is 26.3 Å². The van der Waals surface area contributed by atoms with Gasteiger partial charge in [0.15, 0.2) is 5.78 Å². The molecule has 0 radical (unpaired) electrons. The molecule has 1 aliphatic rings. The van der Waals surface area contributed by atoms with E-state index < -0.39 is 0 Å². The van der Waals surface area contributed by atoms with Gasteiger partial charge in [-0.3, -0.25) is 4.79 Å². The van der Waals surface area contributed by atoms with Crippen LogP contribution in [0.2, 0.25) is 0 Å². The highest BCUT2D eigenvalue weighted by Crippen LogP contribution is 2.28. The molecule has 0 saturated heterocycles. The van der Waals surface area contributed by atoms with Crippen molar-refractivity contribution in [3.05, 3.63) is 71.3 Å². The first-order valence-corrected chi connectivity index (χ1v) is 7.10. The van der Waals surface area contributed by atoms with Crippen molar-refractivity contribution in [1.82, 2.24) is 0 Å². The van der Waals surface area contributed by atoms with Crippen LogP contribution in [0.1, 0.15) is 29.2 Å². The lowest BCUT2D eigenvalue weighted by Crippen LogP contribution is -2.23. The van der Waals surface area contributed by atoms with Crippen LogP contribution < -0.4 is 0 Å². The molecule has 1 heterocycles. The number of benzene rings is 2. The molecule has 0 amide bonds. The SMILES string of the molecule is O=C(CCc1ccccc1)C1OCCc2ccccc21. The van der Waals surface area contributed by atoms with Crippen LogP contribution >= 0.6 is 0 Å². The number of hydrogen-bond acceptors (Lipinski definition) is 2. The average molecular weight is 266 g/mol. The first-order chi connectivity index (χ1) is 9.84. The molecule has 20 heavy (non-hydrogen) atoms. The van der Waals surface area contributed by atoms with Gasteiger partial charge in [-0.05, 0) is 29.5 Å². The first-order valence-electron chi connectivity index (χ1n) is 7.10. The molecule has 0 fully saturated rings. The van der Waals surface area contributed by atoms with Gasteiger partial charge in [0.05, 0.1) is 6.61 Å². The predicted octanol–water partition coefficient (Wildman–Crippen LogP) is 3.50. The summed E-state index contributed by atoms with van der Waals surface area (Å²) in [5.41, 5.74) is 3.50. The minimum Gasteiger partial charge on any atom is -0.365 e. The lowest BCUT2D eigenvalue weighted by Gasteiger charge is -2.25. The molecule has 102 valence electrons. The van der Waals surface area contributed by atoms with Crippen LogP contribution in [0.4, 0.5) is 0 Å². The second-order valence-electron chi connectivity index (χ2n) is 5.15. The van der Waals surface area contributed by atoms with E-state index in [-0.39, 0.29) is 11.9 Å². The zero-order valence-corrected chi connectivity index (χ0v) is 11.4. The lowest BCUT2D eigenvalue weighted by atomic mass is 9.93. The lowest BCUT2D eigenvalue weighted by molar-refractivity contribution is -0.131. The number of aryl methyl sites for hydroxylation is 1. The van der Waals surface area contributed by atoms with Crippen LogP contribution in [0.5, 0.6) is 0 Å². The maximum absolute atomic E-state index is 12.4. The normalized spacial score (nSPS) is 17.5. The van der Waals surface area contributed by atoms with Gasteiger partial charge >= 0.3 is 0 Å². The molecule has 0 bridgehead atoms. The molecule has 1 aliphatic heterocycles. The van der Waals surface area contributed by atoms with Crippen molar-refractivity contribution in [2.24, 2.45) is 0 Å². The second-order valence-corrected chi connectivity index (χ2v) is 5.15. The number of carbonyl (C=O) groups excluding carboxylic acids is 1. The van der Waals surface area contributed by atoms with Gasteiger partial charge in [-0.2, -0.15) is 0 Å². The van der Waals surface area contributed by atoms with Gasteiger partial charge in [-0.25, -0.2) is 0 Å².